The molecule has 1 rings (SSSR count). The Bertz CT molecular complexity index is 499. The van der Waals surface area contributed by atoms with Crippen molar-refractivity contribution in [1.82, 2.24) is 15.1 Å². The van der Waals surface area contributed by atoms with E-state index >= 15 is 0 Å². The fraction of sp³-hybridized carbons (Fsp3) is 0.765. The average Bonchev–Trinajstić information content (AvgIpc) is 2.57. The smallest absolute Gasteiger partial charge is 0.306 e. The number of likely N-dealkylation sites (tertiary alicyclic amines) is 1. The zero-order valence-corrected chi connectivity index (χ0v) is 15.3. The van der Waals surface area contributed by atoms with Gasteiger partial charge in [0.15, 0.2) is 0 Å². The van der Waals surface area contributed by atoms with Crippen molar-refractivity contribution in [2.45, 2.75) is 39.5 Å². The van der Waals surface area contributed by atoms with Gasteiger partial charge in [-0.15, -0.1) is 0 Å². The predicted octanol–water partition coefficient (Wildman–Crippen LogP) is 0.320. The molecule has 1 aliphatic heterocycles. The Balaban J connectivity index is 2.31. The first kappa shape index (κ1) is 20.9. The first-order valence-electron chi connectivity index (χ1n) is 8.72. The molecule has 0 aromatic rings. The number of carbonyl (C=O) groups is 4. The van der Waals surface area contributed by atoms with Crippen molar-refractivity contribution in [1.29, 1.82) is 0 Å². The third kappa shape index (κ3) is 7.53. The second-order valence-corrected chi connectivity index (χ2v) is 6.95. The number of carboxylic acids is 1. The lowest BCUT2D eigenvalue weighted by Crippen LogP contribution is -2.47. The number of carbonyl (C=O) groups excluding carboxylic acids is 3. The summed E-state index contributed by atoms with van der Waals surface area (Å²) in [5.41, 5.74) is 0. The third-order valence-electron chi connectivity index (χ3n) is 4.38. The number of hydrogen-bond donors (Lipinski definition) is 2. The summed E-state index contributed by atoms with van der Waals surface area (Å²) in [5, 5.41) is 11.5. The van der Waals surface area contributed by atoms with E-state index in [0.717, 1.165) is 6.42 Å². The first-order valence-corrected chi connectivity index (χ1v) is 8.72. The van der Waals surface area contributed by atoms with Crippen LogP contribution < -0.4 is 5.32 Å². The normalized spacial score (nSPS) is 15.1. The molecule has 0 saturated carbocycles. The van der Waals surface area contributed by atoms with Crippen LogP contribution in [0.15, 0.2) is 0 Å². The van der Waals surface area contributed by atoms with Gasteiger partial charge >= 0.3 is 5.97 Å². The molecule has 1 aliphatic rings. The van der Waals surface area contributed by atoms with E-state index in [1.54, 1.807) is 4.90 Å². The Kier molecular flexibility index (Phi) is 8.37. The van der Waals surface area contributed by atoms with Gasteiger partial charge in [0.1, 0.15) is 0 Å². The maximum absolute atomic E-state index is 12.2. The molecule has 25 heavy (non-hydrogen) atoms. The lowest BCUT2D eigenvalue weighted by molar-refractivity contribution is -0.146. The number of carboxylic acid groups (broad SMARTS) is 1. The van der Waals surface area contributed by atoms with Gasteiger partial charge in [-0.25, -0.2) is 0 Å². The molecule has 0 bridgehead atoms. The Morgan fingerprint density at radius 3 is 2.32 bits per heavy atom. The lowest BCUT2D eigenvalue weighted by atomic mass is 9.97. The lowest BCUT2D eigenvalue weighted by Gasteiger charge is -2.31. The molecular formula is C17H29N3O5. The molecule has 0 unspecified atom stereocenters. The summed E-state index contributed by atoms with van der Waals surface area (Å²) in [6.45, 7) is 4.64. The van der Waals surface area contributed by atoms with Crippen molar-refractivity contribution >= 4 is 23.7 Å². The molecule has 8 nitrogen and oxygen atoms in total. The van der Waals surface area contributed by atoms with Crippen molar-refractivity contribution in [2.24, 2.45) is 11.8 Å². The maximum atomic E-state index is 12.2. The molecule has 0 aromatic carbocycles. The molecule has 2 N–H and O–H groups in total. The minimum absolute atomic E-state index is 0.0710. The number of piperidine rings is 1. The quantitative estimate of drug-likeness (QED) is 0.652. The molecule has 1 heterocycles. The van der Waals surface area contributed by atoms with Crippen LogP contribution in [0.1, 0.15) is 39.5 Å². The summed E-state index contributed by atoms with van der Waals surface area (Å²) in [7, 11) is 1.52. The van der Waals surface area contributed by atoms with Crippen LogP contribution in [-0.4, -0.2) is 71.8 Å². The van der Waals surface area contributed by atoms with Crippen molar-refractivity contribution < 1.29 is 24.3 Å². The minimum Gasteiger partial charge on any atom is -0.481 e. The van der Waals surface area contributed by atoms with E-state index in [1.807, 2.05) is 13.8 Å². The molecular weight excluding hydrogens is 326 g/mol. The number of rotatable bonds is 8. The Labute approximate surface area is 148 Å². The van der Waals surface area contributed by atoms with Crippen LogP contribution >= 0.6 is 0 Å². The van der Waals surface area contributed by atoms with Gasteiger partial charge in [-0.1, -0.05) is 13.8 Å². The molecule has 8 heteroatoms. The summed E-state index contributed by atoms with van der Waals surface area (Å²) in [4.78, 5) is 49.6. The van der Waals surface area contributed by atoms with Crippen LogP contribution in [0.25, 0.3) is 0 Å². The van der Waals surface area contributed by atoms with E-state index in [1.165, 1.54) is 11.9 Å². The zero-order chi connectivity index (χ0) is 19.0. The standard InChI is InChI=1S/C17H29N3O5/c1-12(2)4-5-14(21)18-10-15(22)19(3)11-16(23)20-8-6-13(7-9-20)17(24)25/h12-13H,4-11H2,1-3H3,(H,18,21)(H,24,25). The van der Waals surface area contributed by atoms with Gasteiger partial charge in [-0.3, -0.25) is 19.2 Å². The SMILES string of the molecule is CC(C)CCC(=O)NCC(=O)N(C)CC(=O)N1CCC(C(=O)O)CC1. The van der Waals surface area contributed by atoms with Crippen LogP contribution in [0, 0.1) is 11.8 Å². The van der Waals surface area contributed by atoms with Crippen molar-refractivity contribution in [3.05, 3.63) is 0 Å². The second-order valence-electron chi connectivity index (χ2n) is 6.95. The van der Waals surface area contributed by atoms with Crippen LogP contribution in [-0.2, 0) is 19.2 Å². The first-order chi connectivity index (χ1) is 11.7. The molecule has 0 atom stereocenters. The van der Waals surface area contributed by atoms with Gasteiger partial charge in [0.05, 0.1) is 19.0 Å². The van der Waals surface area contributed by atoms with E-state index < -0.39 is 11.9 Å². The number of nitrogens with zero attached hydrogens (tertiary/aromatic N) is 2. The fourth-order valence-electron chi connectivity index (χ4n) is 2.58. The third-order valence-corrected chi connectivity index (χ3v) is 4.38. The number of aliphatic carboxylic acids is 1. The topological polar surface area (TPSA) is 107 Å². The molecule has 142 valence electrons. The Hall–Kier alpha value is -2.12. The molecule has 3 amide bonds. The molecule has 0 aromatic heterocycles. The van der Waals surface area contributed by atoms with E-state index in [-0.39, 0.29) is 30.8 Å². The summed E-state index contributed by atoms with van der Waals surface area (Å²) < 4.78 is 0. The highest BCUT2D eigenvalue weighted by Crippen LogP contribution is 2.17. The summed E-state index contributed by atoms with van der Waals surface area (Å²) in [5.74, 6) is -1.50. The maximum Gasteiger partial charge on any atom is 0.306 e. The van der Waals surface area contributed by atoms with Gasteiger partial charge in [0.25, 0.3) is 0 Å². The van der Waals surface area contributed by atoms with Gasteiger partial charge < -0.3 is 20.2 Å². The van der Waals surface area contributed by atoms with Crippen molar-refractivity contribution in [3.63, 3.8) is 0 Å². The zero-order valence-electron chi connectivity index (χ0n) is 15.3. The minimum atomic E-state index is -0.826. The highest BCUT2D eigenvalue weighted by molar-refractivity contribution is 5.88. The van der Waals surface area contributed by atoms with Crippen LogP contribution in [0.3, 0.4) is 0 Å². The van der Waals surface area contributed by atoms with Gasteiger partial charge in [0, 0.05) is 26.6 Å². The van der Waals surface area contributed by atoms with Crippen LogP contribution in [0.4, 0.5) is 0 Å². The number of hydrogen-bond acceptors (Lipinski definition) is 4. The van der Waals surface area contributed by atoms with Gasteiger partial charge in [-0.2, -0.15) is 0 Å². The van der Waals surface area contributed by atoms with E-state index in [4.69, 9.17) is 5.11 Å². The number of nitrogens with one attached hydrogen (secondary N) is 1. The summed E-state index contributed by atoms with van der Waals surface area (Å²) in [6, 6.07) is 0. The summed E-state index contributed by atoms with van der Waals surface area (Å²) >= 11 is 0. The van der Waals surface area contributed by atoms with Gasteiger partial charge in [0.2, 0.25) is 17.7 Å². The Morgan fingerprint density at radius 2 is 1.80 bits per heavy atom. The number of amides is 3. The molecule has 1 saturated heterocycles. The average molecular weight is 355 g/mol. The molecule has 0 aliphatic carbocycles. The molecule has 1 fully saturated rings. The Morgan fingerprint density at radius 1 is 1.20 bits per heavy atom. The second kappa shape index (κ2) is 10.0. The van der Waals surface area contributed by atoms with Crippen molar-refractivity contribution in [3.8, 4) is 0 Å². The van der Waals surface area contributed by atoms with E-state index in [0.29, 0.717) is 38.3 Å². The fourth-order valence-corrected chi connectivity index (χ4v) is 2.58. The highest BCUT2D eigenvalue weighted by atomic mass is 16.4. The number of likely N-dealkylation sites (N-methyl/N-ethyl adjacent to an activating group) is 1. The van der Waals surface area contributed by atoms with E-state index in [2.05, 4.69) is 5.32 Å². The van der Waals surface area contributed by atoms with Crippen molar-refractivity contribution in [2.75, 3.05) is 33.2 Å². The molecule has 0 spiro atoms. The molecule has 0 radical (unpaired) electrons. The van der Waals surface area contributed by atoms with E-state index in [9.17, 15) is 19.2 Å². The highest BCUT2D eigenvalue weighted by Gasteiger charge is 2.27. The van der Waals surface area contributed by atoms with Crippen LogP contribution in [0.2, 0.25) is 0 Å². The monoisotopic (exact) mass is 355 g/mol. The van der Waals surface area contributed by atoms with Crippen LogP contribution in [0.5, 0.6) is 0 Å². The predicted molar refractivity (Wildman–Crippen MR) is 91.7 cm³/mol. The largest absolute Gasteiger partial charge is 0.481 e. The summed E-state index contributed by atoms with van der Waals surface area (Å²) in [6.07, 6.45) is 2.02. The van der Waals surface area contributed by atoms with Gasteiger partial charge in [-0.05, 0) is 25.2 Å².